The lowest BCUT2D eigenvalue weighted by molar-refractivity contribution is -0.00000691. The zero-order chi connectivity index (χ0) is 23.1. The fourth-order valence-corrected chi connectivity index (χ4v) is 8.79. The van der Waals surface area contributed by atoms with Crippen LogP contribution in [0.4, 0.5) is 0 Å². The molecule has 0 amide bonds. The van der Waals surface area contributed by atoms with Gasteiger partial charge >= 0.3 is 0 Å². The summed E-state index contributed by atoms with van der Waals surface area (Å²) in [5.74, 6) is 0.957. The Labute approximate surface area is 215 Å². The van der Waals surface area contributed by atoms with E-state index in [0.29, 0.717) is 6.61 Å². The van der Waals surface area contributed by atoms with E-state index in [0.717, 1.165) is 11.9 Å². The number of benzene rings is 5. The minimum Gasteiger partial charge on any atom is -1.00 e. The number of hydrogen-bond donors (Lipinski definition) is 0. The fraction of sp³-hybridized carbons (Fsp3) is 0.0625. The van der Waals surface area contributed by atoms with E-state index in [4.69, 9.17) is 4.74 Å². The number of rotatable bonds is 8. The van der Waals surface area contributed by atoms with E-state index in [1.807, 2.05) is 6.07 Å². The minimum atomic E-state index is -1.98. The van der Waals surface area contributed by atoms with Crippen molar-refractivity contribution in [3.05, 3.63) is 157 Å². The smallest absolute Gasteiger partial charge is 0.126 e. The summed E-state index contributed by atoms with van der Waals surface area (Å²) < 4.78 is 6.39. The first kappa shape index (κ1) is 24.7. The van der Waals surface area contributed by atoms with Crippen molar-refractivity contribution >= 4 is 23.2 Å². The molecular formula is C32H28ClOP. The SMILES string of the molecule is [Cl-].c1ccc(COc2ccccc2C[P+](c2ccccc2)(c2ccccc2)c2ccccc2)cc1. The van der Waals surface area contributed by atoms with E-state index in [1.165, 1.54) is 27.0 Å². The minimum absolute atomic E-state index is 0. The van der Waals surface area contributed by atoms with Crippen LogP contribution in [0.5, 0.6) is 5.75 Å². The average Bonchev–Trinajstić information content (AvgIpc) is 2.93. The molecule has 174 valence electrons. The van der Waals surface area contributed by atoms with E-state index in [1.54, 1.807) is 0 Å². The van der Waals surface area contributed by atoms with Gasteiger partial charge in [-0.05, 0) is 48.0 Å². The van der Waals surface area contributed by atoms with Gasteiger partial charge in [0.2, 0.25) is 0 Å². The van der Waals surface area contributed by atoms with Crippen molar-refractivity contribution in [2.24, 2.45) is 0 Å². The Bertz CT molecular complexity index is 1210. The second-order valence-electron chi connectivity index (χ2n) is 8.36. The zero-order valence-corrected chi connectivity index (χ0v) is 21.2. The largest absolute Gasteiger partial charge is 1.00 e. The second kappa shape index (κ2) is 11.8. The van der Waals surface area contributed by atoms with Crippen LogP contribution >= 0.6 is 7.26 Å². The second-order valence-corrected chi connectivity index (χ2v) is 11.8. The summed E-state index contributed by atoms with van der Waals surface area (Å²) in [6, 6.07) is 51.9. The zero-order valence-electron chi connectivity index (χ0n) is 19.5. The molecule has 0 heterocycles. The van der Waals surface area contributed by atoms with Gasteiger partial charge in [-0.3, -0.25) is 0 Å². The van der Waals surface area contributed by atoms with Crippen molar-refractivity contribution in [1.82, 2.24) is 0 Å². The van der Waals surface area contributed by atoms with E-state index < -0.39 is 7.26 Å². The Hall–Kier alpha value is -3.38. The van der Waals surface area contributed by atoms with Gasteiger partial charge in [0.15, 0.2) is 0 Å². The van der Waals surface area contributed by atoms with Gasteiger partial charge in [0.05, 0.1) is 0 Å². The van der Waals surface area contributed by atoms with Crippen molar-refractivity contribution in [3.63, 3.8) is 0 Å². The third-order valence-electron chi connectivity index (χ3n) is 6.21. The third kappa shape index (κ3) is 5.49. The van der Waals surface area contributed by atoms with Crippen LogP contribution < -0.4 is 33.1 Å². The molecule has 5 rings (SSSR count). The first-order valence-corrected chi connectivity index (χ1v) is 13.6. The maximum Gasteiger partial charge on any atom is 0.126 e. The summed E-state index contributed by atoms with van der Waals surface area (Å²) >= 11 is 0. The van der Waals surface area contributed by atoms with Crippen LogP contribution in [0.3, 0.4) is 0 Å². The van der Waals surface area contributed by atoms with Gasteiger partial charge in [0.1, 0.15) is 41.7 Å². The standard InChI is InChI=1S/C32H28OP.ClH/c1-5-15-27(16-6-1)25-33-32-24-14-13-17-28(32)26-34(29-18-7-2-8-19-29,30-20-9-3-10-21-30)31-22-11-4-12-23-31;/h1-24H,25-26H2;1H/q+1;/p-1. The first-order valence-electron chi connectivity index (χ1n) is 11.7. The van der Waals surface area contributed by atoms with E-state index in [9.17, 15) is 0 Å². The van der Waals surface area contributed by atoms with Crippen LogP contribution in [0.1, 0.15) is 11.1 Å². The molecule has 0 bridgehead atoms. The quantitative estimate of drug-likeness (QED) is 0.298. The highest BCUT2D eigenvalue weighted by Crippen LogP contribution is 2.58. The molecule has 0 aliphatic heterocycles. The normalized spacial score (nSPS) is 10.9. The van der Waals surface area contributed by atoms with Gasteiger partial charge in [-0.25, -0.2) is 0 Å². The Morgan fingerprint density at radius 3 is 1.34 bits per heavy atom. The highest BCUT2D eigenvalue weighted by Gasteiger charge is 2.45. The van der Waals surface area contributed by atoms with Crippen LogP contribution in [0.2, 0.25) is 0 Å². The summed E-state index contributed by atoms with van der Waals surface area (Å²) in [6.07, 6.45) is 0.899. The molecule has 0 aliphatic rings. The molecule has 0 spiro atoms. The fourth-order valence-electron chi connectivity index (χ4n) is 4.53. The number of hydrogen-bond acceptors (Lipinski definition) is 1. The lowest BCUT2D eigenvalue weighted by atomic mass is 10.2. The monoisotopic (exact) mass is 494 g/mol. The van der Waals surface area contributed by atoms with Gasteiger partial charge in [-0.1, -0.05) is 103 Å². The van der Waals surface area contributed by atoms with E-state index >= 15 is 0 Å². The molecule has 0 saturated heterocycles. The Morgan fingerprint density at radius 2 is 0.857 bits per heavy atom. The molecule has 35 heavy (non-hydrogen) atoms. The lowest BCUT2D eigenvalue weighted by Gasteiger charge is -2.28. The van der Waals surface area contributed by atoms with Crippen LogP contribution in [0, 0.1) is 0 Å². The van der Waals surface area contributed by atoms with Gasteiger partial charge in [-0.15, -0.1) is 0 Å². The van der Waals surface area contributed by atoms with Crippen LogP contribution in [-0.2, 0) is 12.8 Å². The number of halogens is 1. The molecular weight excluding hydrogens is 467 g/mol. The van der Waals surface area contributed by atoms with Crippen molar-refractivity contribution in [1.29, 1.82) is 0 Å². The highest BCUT2D eigenvalue weighted by atomic mass is 35.5. The Morgan fingerprint density at radius 1 is 0.457 bits per heavy atom. The summed E-state index contributed by atoms with van der Waals surface area (Å²) in [4.78, 5) is 0. The van der Waals surface area contributed by atoms with Gasteiger partial charge in [0.25, 0.3) is 0 Å². The summed E-state index contributed by atoms with van der Waals surface area (Å²) in [7, 11) is -1.98. The van der Waals surface area contributed by atoms with Gasteiger partial charge in [0, 0.05) is 5.56 Å². The molecule has 1 nitrogen and oxygen atoms in total. The maximum absolute atomic E-state index is 6.39. The van der Waals surface area contributed by atoms with Crippen molar-refractivity contribution < 1.29 is 17.1 Å². The predicted octanol–water partition coefficient (Wildman–Crippen LogP) is 3.76. The predicted molar refractivity (Wildman–Crippen MR) is 146 cm³/mol. The molecule has 5 aromatic rings. The topological polar surface area (TPSA) is 9.23 Å². The molecule has 3 heteroatoms. The molecule has 0 saturated carbocycles. The van der Waals surface area contributed by atoms with E-state index in [2.05, 4.69) is 140 Å². The summed E-state index contributed by atoms with van der Waals surface area (Å²) in [5, 5.41) is 4.14. The first-order chi connectivity index (χ1) is 16.9. The molecule has 0 radical (unpaired) electrons. The summed E-state index contributed by atoms with van der Waals surface area (Å²) in [5.41, 5.74) is 2.41. The Kier molecular flexibility index (Phi) is 8.37. The molecule has 0 fully saturated rings. The third-order valence-corrected chi connectivity index (χ3v) is 10.6. The molecule has 0 N–H and O–H groups in total. The van der Waals surface area contributed by atoms with Crippen LogP contribution in [0.15, 0.2) is 146 Å². The Balaban J connectivity index is 0.00000289. The highest BCUT2D eigenvalue weighted by molar-refractivity contribution is 7.95. The van der Waals surface area contributed by atoms with Gasteiger partial charge in [-0.2, -0.15) is 0 Å². The van der Waals surface area contributed by atoms with Crippen molar-refractivity contribution in [2.75, 3.05) is 0 Å². The number of para-hydroxylation sites is 1. The number of ether oxygens (including phenoxy) is 1. The lowest BCUT2D eigenvalue weighted by Crippen LogP contribution is -3.00. The van der Waals surface area contributed by atoms with E-state index in [-0.39, 0.29) is 12.4 Å². The average molecular weight is 495 g/mol. The van der Waals surface area contributed by atoms with Crippen LogP contribution in [0.25, 0.3) is 0 Å². The van der Waals surface area contributed by atoms with Gasteiger partial charge < -0.3 is 17.1 Å². The summed E-state index contributed by atoms with van der Waals surface area (Å²) in [6.45, 7) is 0.561. The molecule has 5 aromatic carbocycles. The molecule has 0 aromatic heterocycles. The van der Waals surface area contributed by atoms with Crippen LogP contribution in [-0.4, -0.2) is 0 Å². The van der Waals surface area contributed by atoms with Crippen molar-refractivity contribution in [3.8, 4) is 5.75 Å². The molecule has 0 aliphatic carbocycles. The van der Waals surface area contributed by atoms with Crippen molar-refractivity contribution in [2.45, 2.75) is 12.8 Å². The molecule has 0 unspecified atom stereocenters. The molecule has 0 atom stereocenters. The maximum atomic E-state index is 6.39.